The molecule has 0 radical (unpaired) electrons. The summed E-state index contributed by atoms with van der Waals surface area (Å²) in [6.45, 7) is 6.90. The van der Waals surface area contributed by atoms with Gasteiger partial charge in [-0.1, -0.05) is 30.3 Å². The molecule has 1 saturated heterocycles. The maximum atomic E-state index is 14.2. The van der Waals surface area contributed by atoms with E-state index < -0.39 is 23.7 Å². The van der Waals surface area contributed by atoms with Crippen LogP contribution in [-0.2, 0) is 4.79 Å². The second-order valence-electron chi connectivity index (χ2n) is 7.71. The normalized spacial score (nSPS) is 18.7. The average Bonchev–Trinajstić information content (AvgIpc) is 2.78. The summed E-state index contributed by atoms with van der Waals surface area (Å²) in [6, 6.07) is 8.01. The first kappa shape index (κ1) is 19.5. The van der Waals surface area contributed by atoms with Crippen molar-refractivity contribution in [2.75, 3.05) is 0 Å². The molecule has 0 saturated carbocycles. The van der Waals surface area contributed by atoms with Crippen LogP contribution in [0.2, 0.25) is 0 Å². The standard InChI is InChI=1S/C20H23F3N2O2/c1-12(2)27-15-10-6-8-13-7-5-9-14(17(13)15)18(20(21,22)23)25-19(3,4)11-16(26)24-25/h5-10,12,18H,11H2,1-4H3,(H,24,26)/t18-/m0/s1. The Balaban J connectivity index is 2.24. The van der Waals surface area contributed by atoms with Crippen LogP contribution in [0.25, 0.3) is 10.8 Å². The quantitative estimate of drug-likeness (QED) is 0.833. The molecule has 1 aliphatic rings. The Labute approximate surface area is 156 Å². The molecular weight excluding hydrogens is 357 g/mol. The molecule has 4 nitrogen and oxygen atoms in total. The number of alkyl halides is 3. The predicted octanol–water partition coefficient (Wildman–Crippen LogP) is 4.75. The van der Waals surface area contributed by atoms with Crippen LogP contribution < -0.4 is 10.2 Å². The van der Waals surface area contributed by atoms with Crippen molar-refractivity contribution in [1.29, 1.82) is 0 Å². The predicted molar refractivity (Wildman–Crippen MR) is 97.2 cm³/mol. The fourth-order valence-corrected chi connectivity index (χ4v) is 3.59. The van der Waals surface area contributed by atoms with Gasteiger partial charge in [0.15, 0.2) is 6.04 Å². The number of hydrazine groups is 1. The van der Waals surface area contributed by atoms with E-state index in [2.05, 4.69) is 5.43 Å². The topological polar surface area (TPSA) is 41.6 Å². The van der Waals surface area contributed by atoms with Gasteiger partial charge in [0.05, 0.1) is 6.10 Å². The smallest absolute Gasteiger partial charge is 0.409 e. The molecule has 1 atom stereocenters. The van der Waals surface area contributed by atoms with Gasteiger partial charge in [-0.05, 0) is 44.7 Å². The molecule has 3 rings (SSSR count). The van der Waals surface area contributed by atoms with Gasteiger partial charge in [-0.25, -0.2) is 0 Å². The van der Waals surface area contributed by atoms with Gasteiger partial charge in [0.2, 0.25) is 5.91 Å². The summed E-state index contributed by atoms with van der Waals surface area (Å²) in [5, 5.41) is 2.09. The molecule has 1 N–H and O–H groups in total. The molecule has 27 heavy (non-hydrogen) atoms. The highest BCUT2D eigenvalue weighted by Crippen LogP contribution is 2.46. The third-order valence-electron chi connectivity index (χ3n) is 4.61. The van der Waals surface area contributed by atoms with Crippen molar-refractivity contribution in [1.82, 2.24) is 10.4 Å². The van der Waals surface area contributed by atoms with Crippen LogP contribution in [0.15, 0.2) is 36.4 Å². The largest absolute Gasteiger partial charge is 0.490 e. The highest BCUT2D eigenvalue weighted by atomic mass is 19.4. The SMILES string of the molecule is CC(C)Oc1cccc2cccc([C@H](N3NC(=O)CC3(C)C)C(F)(F)F)c12. The lowest BCUT2D eigenvalue weighted by atomic mass is 9.93. The molecule has 0 unspecified atom stereocenters. The Morgan fingerprint density at radius 1 is 1.15 bits per heavy atom. The van der Waals surface area contributed by atoms with E-state index in [1.165, 1.54) is 6.07 Å². The number of hydrogen-bond acceptors (Lipinski definition) is 3. The Morgan fingerprint density at radius 2 is 1.78 bits per heavy atom. The van der Waals surface area contributed by atoms with Gasteiger partial charge in [0, 0.05) is 17.3 Å². The number of fused-ring (bicyclic) bond motifs is 1. The molecule has 2 aromatic rings. The highest BCUT2D eigenvalue weighted by molar-refractivity contribution is 5.92. The fourth-order valence-electron chi connectivity index (χ4n) is 3.59. The molecule has 0 bridgehead atoms. The minimum atomic E-state index is -4.59. The molecule has 1 aliphatic heterocycles. The van der Waals surface area contributed by atoms with Crippen molar-refractivity contribution in [3.8, 4) is 5.75 Å². The van der Waals surface area contributed by atoms with Gasteiger partial charge < -0.3 is 4.74 Å². The Bertz CT molecular complexity index is 857. The monoisotopic (exact) mass is 380 g/mol. The molecule has 7 heteroatoms. The van der Waals surface area contributed by atoms with Crippen LogP contribution in [-0.4, -0.2) is 28.7 Å². The van der Waals surface area contributed by atoms with Gasteiger partial charge in [0.1, 0.15) is 5.75 Å². The zero-order chi connectivity index (χ0) is 20.0. The van der Waals surface area contributed by atoms with E-state index in [1.807, 2.05) is 13.8 Å². The number of benzene rings is 2. The summed E-state index contributed by atoms with van der Waals surface area (Å²) in [4.78, 5) is 11.9. The van der Waals surface area contributed by atoms with Gasteiger partial charge in [0.25, 0.3) is 0 Å². The van der Waals surface area contributed by atoms with Crippen LogP contribution >= 0.6 is 0 Å². The van der Waals surface area contributed by atoms with E-state index in [4.69, 9.17) is 4.74 Å². The first-order valence-corrected chi connectivity index (χ1v) is 8.84. The Hall–Kier alpha value is -2.28. The number of hydrogen-bond donors (Lipinski definition) is 1. The number of halogens is 3. The zero-order valence-electron chi connectivity index (χ0n) is 15.7. The Kier molecular flexibility index (Phi) is 4.84. The Morgan fingerprint density at radius 3 is 2.30 bits per heavy atom. The van der Waals surface area contributed by atoms with Crippen LogP contribution in [0, 0.1) is 0 Å². The molecule has 1 heterocycles. The van der Waals surface area contributed by atoms with Crippen molar-refractivity contribution >= 4 is 16.7 Å². The number of amides is 1. The molecule has 1 fully saturated rings. The van der Waals surface area contributed by atoms with Crippen molar-refractivity contribution in [2.24, 2.45) is 0 Å². The van der Waals surface area contributed by atoms with E-state index in [0.717, 1.165) is 5.01 Å². The number of carbonyl (C=O) groups excluding carboxylic acids is 1. The third kappa shape index (κ3) is 3.74. The number of nitrogens with one attached hydrogen (secondary N) is 1. The van der Waals surface area contributed by atoms with Gasteiger partial charge in [-0.2, -0.15) is 18.2 Å². The third-order valence-corrected chi connectivity index (χ3v) is 4.61. The van der Waals surface area contributed by atoms with Crippen LogP contribution in [0.4, 0.5) is 13.2 Å². The first-order chi connectivity index (χ1) is 12.5. The van der Waals surface area contributed by atoms with Crippen molar-refractivity contribution < 1.29 is 22.7 Å². The van der Waals surface area contributed by atoms with E-state index in [0.29, 0.717) is 16.5 Å². The maximum Gasteiger partial charge on any atom is 0.409 e. The van der Waals surface area contributed by atoms with Gasteiger partial charge >= 0.3 is 6.18 Å². The molecule has 146 valence electrons. The summed E-state index contributed by atoms with van der Waals surface area (Å²) in [5.41, 5.74) is 1.49. The molecular formula is C20H23F3N2O2. The number of rotatable bonds is 4. The van der Waals surface area contributed by atoms with Crippen LogP contribution in [0.3, 0.4) is 0 Å². The lowest BCUT2D eigenvalue weighted by molar-refractivity contribution is -0.203. The average molecular weight is 380 g/mol. The van der Waals surface area contributed by atoms with Crippen LogP contribution in [0.1, 0.15) is 45.7 Å². The van der Waals surface area contributed by atoms with Gasteiger partial charge in [-0.15, -0.1) is 0 Å². The van der Waals surface area contributed by atoms with E-state index in [9.17, 15) is 18.0 Å². The lowest BCUT2D eigenvalue weighted by Crippen LogP contribution is -2.51. The zero-order valence-corrected chi connectivity index (χ0v) is 15.7. The number of carbonyl (C=O) groups is 1. The molecule has 0 aromatic heterocycles. The summed E-state index contributed by atoms with van der Waals surface area (Å²) in [5.74, 6) is -0.0242. The van der Waals surface area contributed by atoms with Crippen molar-refractivity contribution in [3.63, 3.8) is 0 Å². The molecule has 0 aliphatic carbocycles. The van der Waals surface area contributed by atoms with E-state index in [-0.39, 0.29) is 18.1 Å². The van der Waals surface area contributed by atoms with Crippen LogP contribution in [0.5, 0.6) is 5.75 Å². The summed E-state index contributed by atoms with van der Waals surface area (Å²) in [6.07, 6.45) is -4.77. The molecule has 0 spiro atoms. The fraction of sp³-hybridized carbons (Fsp3) is 0.450. The lowest BCUT2D eigenvalue weighted by Gasteiger charge is -2.38. The van der Waals surface area contributed by atoms with E-state index in [1.54, 1.807) is 44.2 Å². The minimum absolute atomic E-state index is 0.000300. The first-order valence-electron chi connectivity index (χ1n) is 8.84. The summed E-state index contributed by atoms with van der Waals surface area (Å²) < 4.78 is 48.4. The second kappa shape index (κ2) is 6.71. The minimum Gasteiger partial charge on any atom is -0.490 e. The number of ether oxygens (including phenoxy) is 1. The summed E-state index contributed by atoms with van der Waals surface area (Å²) in [7, 11) is 0. The van der Waals surface area contributed by atoms with E-state index >= 15 is 0 Å². The van der Waals surface area contributed by atoms with Gasteiger partial charge in [-0.3, -0.25) is 10.2 Å². The van der Waals surface area contributed by atoms with Crippen molar-refractivity contribution in [2.45, 2.75) is 58.0 Å². The summed E-state index contributed by atoms with van der Waals surface area (Å²) >= 11 is 0. The maximum absolute atomic E-state index is 14.2. The number of nitrogens with zero attached hydrogens (tertiary/aromatic N) is 1. The second-order valence-corrected chi connectivity index (χ2v) is 7.71. The van der Waals surface area contributed by atoms with Crippen molar-refractivity contribution in [3.05, 3.63) is 42.0 Å². The molecule has 2 aromatic carbocycles. The highest BCUT2D eigenvalue weighted by Gasteiger charge is 2.53. The molecule has 1 amide bonds.